The number of ether oxygens (including phenoxy) is 2. The van der Waals surface area contributed by atoms with Gasteiger partial charge in [0.05, 0.1) is 11.6 Å². The summed E-state index contributed by atoms with van der Waals surface area (Å²) in [7, 11) is 0. The number of hydrogen-bond acceptors (Lipinski definition) is 9. The first-order valence-electron chi connectivity index (χ1n) is 12.1. The molecule has 1 amide bonds. The molecule has 0 radical (unpaired) electrons. The SMILES string of the molecule is O=C1C(=O)N(c2nnc(SCc3ccc(Cl)cc3)s2)C(c2cccc(Cl)c2)C1=C(O)c1ccc2c(c1)OCCO2. The lowest BCUT2D eigenvalue weighted by Gasteiger charge is -2.23. The van der Waals surface area contributed by atoms with Crippen LogP contribution in [0, 0.1) is 0 Å². The zero-order valence-electron chi connectivity index (χ0n) is 20.5. The van der Waals surface area contributed by atoms with Crippen LogP contribution in [0.4, 0.5) is 5.13 Å². The number of thioether (sulfide) groups is 1. The summed E-state index contributed by atoms with van der Waals surface area (Å²) in [6, 6.07) is 18.2. The molecule has 1 aromatic heterocycles. The highest BCUT2D eigenvalue weighted by atomic mass is 35.5. The Bertz CT molecular complexity index is 1660. The molecule has 0 bridgehead atoms. The van der Waals surface area contributed by atoms with Crippen LogP contribution >= 0.6 is 46.3 Å². The van der Waals surface area contributed by atoms with E-state index >= 15 is 0 Å². The number of carbonyl (C=O) groups is 2. The summed E-state index contributed by atoms with van der Waals surface area (Å²) in [4.78, 5) is 28.2. The largest absolute Gasteiger partial charge is 0.507 e. The van der Waals surface area contributed by atoms with E-state index in [0.717, 1.165) is 5.56 Å². The Morgan fingerprint density at radius 2 is 1.75 bits per heavy atom. The lowest BCUT2D eigenvalue weighted by atomic mass is 9.95. The van der Waals surface area contributed by atoms with Crippen molar-refractivity contribution >= 4 is 68.9 Å². The second-order valence-electron chi connectivity index (χ2n) is 8.85. The third-order valence-corrected chi connectivity index (χ3v) is 8.92. The van der Waals surface area contributed by atoms with Crippen molar-refractivity contribution < 1.29 is 24.2 Å². The number of anilines is 1. The van der Waals surface area contributed by atoms with Crippen LogP contribution in [0.3, 0.4) is 0 Å². The molecule has 1 N–H and O–H groups in total. The molecule has 2 aliphatic heterocycles. The van der Waals surface area contributed by atoms with E-state index in [1.807, 2.05) is 24.3 Å². The zero-order valence-corrected chi connectivity index (χ0v) is 23.7. The Morgan fingerprint density at radius 3 is 2.52 bits per heavy atom. The van der Waals surface area contributed by atoms with Crippen LogP contribution in [0.2, 0.25) is 10.0 Å². The van der Waals surface area contributed by atoms with Crippen LogP contribution in [0.1, 0.15) is 22.7 Å². The zero-order chi connectivity index (χ0) is 27.8. The summed E-state index contributed by atoms with van der Waals surface area (Å²) in [6.45, 7) is 0.777. The van der Waals surface area contributed by atoms with Crippen LogP contribution in [0.25, 0.3) is 5.76 Å². The number of halogens is 2. The van der Waals surface area contributed by atoms with E-state index in [9.17, 15) is 14.7 Å². The number of aromatic nitrogens is 2. The van der Waals surface area contributed by atoms with Gasteiger partial charge in [-0.05, 0) is 53.6 Å². The Kier molecular flexibility index (Phi) is 7.41. The lowest BCUT2D eigenvalue weighted by Crippen LogP contribution is -2.29. The van der Waals surface area contributed by atoms with Gasteiger partial charge in [0.1, 0.15) is 19.0 Å². The van der Waals surface area contributed by atoms with Crippen molar-refractivity contribution in [3.8, 4) is 11.5 Å². The van der Waals surface area contributed by atoms with Crippen molar-refractivity contribution in [2.24, 2.45) is 0 Å². The van der Waals surface area contributed by atoms with Gasteiger partial charge in [-0.3, -0.25) is 14.5 Å². The maximum absolute atomic E-state index is 13.4. The number of hydrogen-bond donors (Lipinski definition) is 1. The summed E-state index contributed by atoms with van der Waals surface area (Å²) in [5.41, 5.74) is 1.81. The van der Waals surface area contributed by atoms with E-state index < -0.39 is 17.7 Å². The van der Waals surface area contributed by atoms with E-state index in [0.29, 0.717) is 56.0 Å². The summed E-state index contributed by atoms with van der Waals surface area (Å²) >= 11 is 14.9. The maximum atomic E-state index is 13.4. The minimum Gasteiger partial charge on any atom is -0.507 e. The summed E-state index contributed by atoms with van der Waals surface area (Å²) < 4.78 is 11.8. The fourth-order valence-corrected chi connectivity index (χ4v) is 6.60. The van der Waals surface area contributed by atoms with Crippen LogP contribution in [0.5, 0.6) is 11.5 Å². The summed E-state index contributed by atoms with van der Waals surface area (Å²) in [6.07, 6.45) is 0. The first-order chi connectivity index (χ1) is 19.4. The lowest BCUT2D eigenvalue weighted by molar-refractivity contribution is -0.132. The second-order valence-corrected chi connectivity index (χ2v) is 11.9. The first-order valence-corrected chi connectivity index (χ1v) is 14.6. The van der Waals surface area contributed by atoms with Crippen molar-refractivity contribution in [3.63, 3.8) is 0 Å². The standard InChI is InChI=1S/C28H19Cl2N3O5S2/c29-18-7-4-15(5-8-18)14-39-28-32-31-27(40-28)33-23(16-2-1-3-19(30)12-16)22(25(35)26(33)36)24(34)17-6-9-20-21(13-17)38-11-10-37-20/h1-9,12-13,23,34H,10-11,14H2. The molecule has 2 aliphatic rings. The molecule has 3 heterocycles. The normalized spacial score (nSPS) is 17.9. The van der Waals surface area contributed by atoms with E-state index in [2.05, 4.69) is 10.2 Å². The van der Waals surface area contributed by atoms with Crippen molar-refractivity contribution in [1.29, 1.82) is 0 Å². The smallest absolute Gasteiger partial charge is 0.301 e. The molecule has 6 rings (SSSR count). The van der Waals surface area contributed by atoms with E-state index in [1.54, 1.807) is 42.5 Å². The van der Waals surface area contributed by atoms with Gasteiger partial charge in [-0.25, -0.2) is 0 Å². The van der Waals surface area contributed by atoms with Gasteiger partial charge in [0.25, 0.3) is 5.78 Å². The predicted molar refractivity (Wildman–Crippen MR) is 155 cm³/mol. The molecule has 0 spiro atoms. The van der Waals surface area contributed by atoms with Crippen molar-refractivity contribution in [1.82, 2.24) is 10.2 Å². The molecule has 1 saturated heterocycles. The Morgan fingerprint density at radius 1 is 0.975 bits per heavy atom. The minimum atomic E-state index is -0.978. The first kappa shape index (κ1) is 26.6. The topological polar surface area (TPSA) is 102 Å². The molecule has 1 unspecified atom stereocenters. The van der Waals surface area contributed by atoms with Crippen molar-refractivity contribution in [2.75, 3.05) is 18.1 Å². The molecule has 40 heavy (non-hydrogen) atoms. The highest BCUT2D eigenvalue weighted by Gasteiger charge is 2.48. The van der Waals surface area contributed by atoms with Gasteiger partial charge in [0.2, 0.25) is 5.13 Å². The van der Waals surface area contributed by atoms with Gasteiger partial charge in [-0.15, -0.1) is 10.2 Å². The number of rotatable bonds is 6. The van der Waals surface area contributed by atoms with Gasteiger partial charge in [0.15, 0.2) is 15.8 Å². The van der Waals surface area contributed by atoms with Gasteiger partial charge in [-0.1, -0.05) is 70.6 Å². The molecule has 8 nitrogen and oxygen atoms in total. The fraction of sp³-hybridized carbons (Fsp3) is 0.143. The summed E-state index contributed by atoms with van der Waals surface area (Å²) in [5.74, 6) is -0.420. The molecule has 3 aromatic carbocycles. The number of fused-ring (bicyclic) bond motifs is 1. The Labute approximate surface area is 247 Å². The van der Waals surface area contributed by atoms with Gasteiger partial charge < -0.3 is 14.6 Å². The molecule has 4 aromatic rings. The number of carbonyl (C=O) groups excluding carboxylic acids is 2. The number of benzene rings is 3. The van der Waals surface area contributed by atoms with E-state index in [4.69, 9.17) is 32.7 Å². The van der Waals surface area contributed by atoms with Gasteiger partial charge in [-0.2, -0.15) is 0 Å². The molecule has 0 saturated carbocycles. The number of Topliss-reactive ketones (excluding diaryl/α,β-unsaturated/α-hetero) is 1. The highest BCUT2D eigenvalue weighted by Crippen LogP contribution is 2.45. The second kappa shape index (κ2) is 11.1. The van der Waals surface area contributed by atoms with Gasteiger partial charge in [0, 0.05) is 21.4 Å². The molecule has 1 fully saturated rings. The van der Waals surface area contributed by atoms with Crippen LogP contribution in [-0.4, -0.2) is 40.2 Å². The maximum Gasteiger partial charge on any atom is 0.301 e. The number of nitrogens with zero attached hydrogens (tertiary/aromatic N) is 3. The predicted octanol–water partition coefficient (Wildman–Crippen LogP) is 6.53. The highest BCUT2D eigenvalue weighted by molar-refractivity contribution is 8.00. The number of amides is 1. The molecular weight excluding hydrogens is 593 g/mol. The molecular formula is C28H19Cl2N3O5S2. The van der Waals surface area contributed by atoms with E-state index in [-0.39, 0.29) is 16.5 Å². The van der Waals surface area contributed by atoms with Crippen LogP contribution in [0.15, 0.2) is 76.6 Å². The van der Waals surface area contributed by atoms with Crippen molar-refractivity contribution in [2.45, 2.75) is 16.1 Å². The Hall–Kier alpha value is -3.57. The minimum absolute atomic E-state index is 0.0884. The van der Waals surface area contributed by atoms with Gasteiger partial charge >= 0.3 is 5.91 Å². The molecule has 12 heteroatoms. The monoisotopic (exact) mass is 611 g/mol. The van der Waals surface area contributed by atoms with Crippen molar-refractivity contribution in [3.05, 3.63) is 99.0 Å². The average molecular weight is 613 g/mol. The Balaban J connectivity index is 1.38. The fourth-order valence-electron chi connectivity index (χ4n) is 4.45. The summed E-state index contributed by atoms with van der Waals surface area (Å²) in [5, 5.41) is 21.2. The third kappa shape index (κ3) is 5.15. The third-order valence-electron chi connectivity index (χ3n) is 6.30. The molecule has 202 valence electrons. The van der Waals surface area contributed by atoms with Crippen LogP contribution in [-0.2, 0) is 15.3 Å². The molecule has 1 atom stereocenters. The number of aliphatic hydroxyl groups excluding tert-OH is 1. The number of aliphatic hydroxyl groups is 1. The molecule has 0 aliphatic carbocycles. The van der Waals surface area contributed by atoms with E-state index in [1.165, 1.54) is 28.0 Å². The average Bonchev–Trinajstić information content (AvgIpc) is 3.54. The quantitative estimate of drug-likeness (QED) is 0.0862. The number of ketones is 1. The van der Waals surface area contributed by atoms with Crippen LogP contribution < -0.4 is 14.4 Å².